The smallest absolute Gasteiger partial charge is 0.241 e. The molecule has 148 valence electrons. The van der Waals surface area contributed by atoms with E-state index in [-0.39, 0.29) is 17.7 Å². The molecule has 0 fully saturated rings. The molecule has 0 aliphatic heterocycles. The van der Waals surface area contributed by atoms with E-state index in [4.69, 9.17) is 0 Å². The zero-order chi connectivity index (χ0) is 20.8. The SMILES string of the molecule is CC(=O)c1ccc(NC(=O)[C@H](C)N[C@@H](c2ccccc2)c2ccc(C)cc2)cc1. The Bertz CT molecular complexity index is 964. The van der Waals surface area contributed by atoms with Crippen molar-refractivity contribution in [3.05, 3.63) is 101 Å². The quantitative estimate of drug-likeness (QED) is 0.568. The van der Waals surface area contributed by atoms with Crippen LogP contribution in [0.5, 0.6) is 0 Å². The van der Waals surface area contributed by atoms with E-state index >= 15 is 0 Å². The van der Waals surface area contributed by atoms with Crippen LogP contribution in [-0.4, -0.2) is 17.7 Å². The van der Waals surface area contributed by atoms with Crippen molar-refractivity contribution in [2.75, 3.05) is 5.32 Å². The maximum atomic E-state index is 12.7. The van der Waals surface area contributed by atoms with Crippen LogP contribution in [0.25, 0.3) is 0 Å². The van der Waals surface area contributed by atoms with E-state index in [0.717, 1.165) is 11.1 Å². The monoisotopic (exact) mass is 386 g/mol. The van der Waals surface area contributed by atoms with Crippen molar-refractivity contribution < 1.29 is 9.59 Å². The first-order valence-electron chi connectivity index (χ1n) is 9.73. The Hall–Kier alpha value is -3.24. The molecule has 1 amide bonds. The van der Waals surface area contributed by atoms with Crippen LogP contribution in [0.4, 0.5) is 5.69 Å². The third kappa shape index (κ3) is 5.39. The summed E-state index contributed by atoms with van der Waals surface area (Å²) in [6.07, 6.45) is 0. The van der Waals surface area contributed by atoms with Gasteiger partial charge in [0.1, 0.15) is 0 Å². The standard InChI is InChI=1S/C25H26N2O2/c1-17-9-11-22(12-10-17)24(21-7-5-4-6-8-21)26-18(2)25(29)27-23-15-13-20(14-16-23)19(3)28/h4-16,18,24,26H,1-3H3,(H,27,29)/t18-,24-/m0/s1. The maximum absolute atomic E-state index is 12.7. The number of carbonyl (C=O) groups excluding carboxylic acids is 2. The molecule has 0 unspecified atom stereocenters. The molecular formula is C25H26N2O2. The first-order valence-corrected chi connectivity index (χ1v) is 9.73. The number of ketones is 1. The lowest BCUT2D eigenvalue weighted by molar-refractivity contribution is -0.117. The number of amides is 1. The molecule has 3 aromatic rings. The molecule has 2 atom stereocenters. The number of anilines is 1. The van der Waals surface area contributed by atoms with Crippen LogP contribution in [-0.2, 0) is 4.79 Å². The lowest BCUT2D eigenvalue weighted by Gasteiger charge is -2.24. The van der Waals surface area contributed by atoms with Crippen LogP contribution >= 0.6 is 0 Å². The second-order valence-corrected chi connectivity index (χ2v) is 7.27. The normalized spacial score (nSPS) is 12.8. The Morgan fingerprint density at radius 3 is 1.97 bits per heavy atom. The van der Waals surface area contributed by atoms with Gasteiger partial charge in [0, 0.05) is 11.3 Å². The van der Waals surface area contributed by atoms with E-state index in [1.165, 1.54) is 12.5 Å². The number of carbonyl (C=O) groups is 2. The summed E-state index contributed by atoms with van der Waals surface area (Å²) in [5, 5.41) is 6.36. The molecule has 0 aromatic heterocycles. The molecule has 2 N–H and O–H groups in total. The van der Waals surface area contributed by atoms with Crippen molar-refractivity contribution in [2.24, 2.45) is 0 Å². The van der Waals surface area contributed by atoms with Gasteiger partial charge in [0.25, 0.3) is 0 Å². The molecule has 0 saturated heterocycles. The summed E-state index contributed by atoms with van der Waals surface area (Å²) in [7, 11) is 0. The van der Waals surface area contributed by atoms with Crippen molar-refractivity contribution in [3.63, 3.8) is 0 Å². The summed E-state index contributed by atoms with van der Waals surface area (Å²) < 4.78 is 0. The molecule has 0 aliphatic rings. The summed E-state index contributed by atoms with van der Waals surface area (Å²) >= 11 is 0. The third-order valence-electron chi connectivity index (χ3n) is 4.91. The van der Waals surface area contributed by atoms with Crippen molar-refractivity contribution >= 4 is 17.4 Å². The highest BCUT2D eigenvalue weighted by Gasteiger charge is 2.21. The van der Waals surface area contributed by atoms with Gasteiger partial charge in [0.2, 0.25) is 5.91 Å². The Kier molecular flexibility index (Phi) is 6.57. The number of benzene rings is 3. The van der Waals surface area contributed by atoms with Crippen LogP contribution < -0.4 is 10.6 Å². The highest BCUT2D eigenvalue weighted by atomic mass is 16.2. The average molecular weight is 386 g/mol. The van der Waals surface area contributed by atoms with Crippen LogP contribution in [0.15, 0.2) is 78.9 Å². The van der Waals surface area contributed by atoms with Gasteiger partial charge in [-0.1, -0.05) is 60.2 Å². The third-order valence-corrected chi connectivity index (χ3v) is 4.91. The van der Waals surface area contributed by atoms with Gasteiger partial charge >= 0.3 is 0 Å². The highest BCUT2D eigenvalue weighted by molar-refractivity contribution is 5.97. The molecule has 0 bridgehead atoms. The number of rotatable bonds is 7. The number of hydrogen-bond donors (Lipinski definition) is 2. The van der Waals surface area contributed by atoms with E-state index in [2.05, 4.69) is 54.0 Å². The van der Waals surface area contributed by atoms with Crippen LogP contribution in [0, 0.1) is 6.92 Å². The van der Waals surface area contributed by atoms with Crippen molar-refractivity contribution in [1.82, 2.24) is 5.32 Å². The minimum absolute atomic E-state index is 0.00159. The van der Waals surface area contributed by atoms with Crippen LogP contribution in [0.3, 0.4) is 0 Å². The highest BCUT2D eigenvalue weighted by Crippen LogP contribution is 2.23. The van der Waals surface area contributed by atoms with Gasteiger partial charge < -0.3 is 5.32 Å². The van der Waals surface area contributed by atoms with Crippen molar-refractivity contribution in [3.8, 4) is 0 Å². The molecule has 3 rings (SSSR count). The summed E-state index contributed by atoms with van der Waals surface area (Å²) in [5.41, 5.74) is 4.69. The van der Waals surface area contributed by atoms with Gasteiger partial charge in [0.05, 0.1) is 12.1 Å². The molecule has 0 spiro atoms. The van der Waals surface area contributed by atoms with Crippen molar-refractivity contribution in [2.45, 2.75) is 32.9 Å². The molecule has 4 nitrogen and oxygen atoms in total. The number of aryl methyl sites for hydroxylation is 1. The summed E-state index contributed by atoms with van der Waals surface area (Å²) in [4.78, 5) is 24.1. The first kappa shape index (κ1) is 20.5. The minimum atomic E-state index is -0.422. The minimum Gasteiger partial charge on any atom is -0.325 e. The van der Waals surface area contributed by atoms with E-state index in [1.54, 1.807) is 24.3 Å². The van der Waals surface area contributed by atoms with E-state index in [1.807, 2.05) is 25.1 Å². The largest absolute Gasteiger partial charge is 0.325 e. The molecule has 0 radical (unpaired) electrons. The van der Waals surface area contributed by atoms with E-state index < -0.39 is 6.04 Å². The molecular weight excluding hydrogens is 360 g/mol. The molecule has 0 saturated carbocycles. The predicted octanol–water partition coefficient (Wildman–Crippen LogP) is 4.90. The van der Waals surface area contributed by atoms with Gasteiger partial charge in [-0.3, -0.25) is 14.9 Å². The Balaban J connectivity index is 1.75. The Morgan fingerprint density at radius 2 is 1.38 bits per heavy atom. The Morgan fingerprint density at radius 1 is 0.793 bits per heavy atom. The average Bonchev–Trinajstić information content (AvgIpc) is 2.73. The van der Waals surface area contributed by atoms with E-state index in [9.17, 15) is 9.59 Å². The Labute approximate surface area is 172 Å². The molecule has 29 heavy (non-hydrogen) atoms. The first-order chi connectivity index (χ1) is 13.9. The fourth-order valence-electron chi connectivity index (χ4n) is 3.15. The topological polar surface area (TPSA) is 58.2 Å². The van der Waals surface area contributed by atoms with E-state index in [0.29, 0.717) is 11.3 Å². The summed E-state index contributed by atoms with van der Waals surface area (Å²) in [5.74, 6) is -0.129. The molecule has 0 heterocycles. The van der Waals surface area contributed by atoms with Gasteiger partial charge in [-0.15, -0.1) is 0 Å². The van der Waals surface area contributed by atoms with Gasteiger partial charge in [0.15, 0.2) is 5.78 Å². The maximum Gasteiger partial charge on any atom is 0.241 e. The zero-order valence-electron chi connectivity index (χ0n) is 17.0. The molecule has 0 aliphatic carbocycles. The zero-order valence-corrected chi connectivity index (χ0v) is 17.0. The number of Topliss-reactive ketones (excluding diaryl/α,β-unsaturated/α-hetero) is 1. The van der Waals surface area contributed by atoms with Gasteiger partial charge in [-0.25, -0.2) is 0 Å². The summed E-state index contributed by atoms with van der Waals surface area (Å²) in [6.45, 7) is 5.43. The number of nitrogens with one attached hydrogen (secondary N) is 2. The van der Waals surface area contributed by atoms with Gasteiger partial charge in [-0.2, -0.15) is 0 Å². The van der Waals surface area contributed by atoms with Crippen molar-refractivity contribution in [1.29, 1.82) is 0 Å². The lowest BCUT2D eigenvalue weighted by Crippen LogP contribution is -2.40. The molecule has 4 heteroatoms. The fraction of sp³-hybridized carbons (Fsp3) is 0.200. The van der Waals surface area contributed by atoms with Crippen LogP contribution in [0.2, 0.25) is 0 Å². The second kappa shape index (κ2) is 9.30. The van der Waals surface area contributed by atoms with Gasteiger partial charge in [-0.05, 0) is 56.2 Å². The summed E-state index contributed by atoms with van der Waals surface area (Å²) in [6, 6.07) is 24.8. The number of hydrogen-bond acceptors (Lipinski definition) is 3. The molecule has 3 aromatic carbocycles. The second-order valence-electron chi connectivity index (χ2n) is 7.27. The lowest BCUT2D eigenvalue weighted by atomic mass is 9.97. The predicted molar refractivity (Wildman–Crippen MR) is 117 cm³/mol. The van der Waals surface area contributed by atoms with Crippen LogP contribution in [0.1, 0.15) is 46.9 Å². The fourth-order valence-corrected chi connectivity index (χ4v) is 3.15.